The summed E-state index contributed by atoms with van der Waals surface area (Å²) in [5.41, 5.74) is 0. The molecule has 0 atom stereocenters. The van der Waals surface area contributed by atoms with E-state index in [1.54, 1.807) is 0 Å². The summed E-state index contributed by atoms with van der Waals surface area (Å²) in [5, 5.41) is 8.20. The number of carbonyl (C=O) groups excluding carboxylic acids is 1. The Hall–Kier alpha value is -1.28. The average Bonchev–Trinajstić information content (AvgIpc) is 2.03. The minimum absolute atomic E-state index is 0.00605. The van der Waals surface area contributed by atoms with Crippen molar-refractivity contribution in [2.75, 3.05) is 0 Å². The van der Waals surface area contributed by atoms with Gasteiger partial charge in [0.1, 0.15) is 0 Å². The van der Waals surface area contributed by atoms with Gasteiger partial charge < -0.3 is 0 Å². The predicted octanol–water partition coefficient (Wildman–Crippen LogP) is 1.91. The van der Waals surface area contributed by atoms with Crippen LogP contribution in [-0.4, -0.2) is 5.78 Å². The zero-order valence-corrected chi connectivity index (χ0v) is 7.55. The van der Waals surface area contributed by atoms with E-state index < -0.39 is 0 Å². The minimum Gasteiger partial charge on any atom is -0.285 e. The lowest BCUT2D eigenvalue weighted by molar-refractivity contribution is -0.116. The van der Waals surface area contributed by atoms with Gasteiger partial charge in [-0.2, -0.15) is 5.26 Å². The van der Waals surface area contributed by atoms with Crippen molar-refractivity contribution in [1.82, 2.24) is 0 Å². The Bertz CT molecular complexity index is 237. The highest BCUT2D eigenvalue weighted by atomic mass is 16.1. The molecule has 0 aromatic carbocycles. The van der Waals surface area contributed by atoms with Gasteiger partial charge in [-0.25, -0.2) is 0 Å². The zero-order valence-electron chi connectivity index (χ0n) is 7.55. The molecule has 0 bridgehead atoms. The fraction of sp³-hybridized carbons (Fsp3) is 0.600. The molecule has 0 aliphatic carbocycles. The summed E-state index contributed by atoms with van der Waals surface area (Å²) >= 11 is 0. The second-order valence-electron chi connectivity index (χ2n) is 2.83. The van der Waals surface area contributed by atoms with Crippen molar-refractivity contribution in [1.29, 1.82) is 5.26 Å². The van der Waals surface area contributed by atoms with E-state index in [2.05, 4.69) is 11.8 Å². The molecule has 0 radical (unpaired) electrons. The van der Waals surface area contributed by atoms with Crippen molar-refractivity contribution in [3.63, 3.8) is 0 Å². The second-order valence-corrected chi connectivity index (χ2v) is 2.83. The third-order valence-corrected chi connectivity index (χ3v) is 1.33. The van der Waals surface area contributed by atoms with Crippen LogP contribution in [0.2, 0.25) is 0 Å². The Morgan fingerprint density at radius 2 is 2.08 bits per heavy atom. The quantitative estimate of drug-likeness (QED) is 0.362. The third-order valence-electron chi connectivity index (χ3n) is 1.33. The number of Topliss-reactive ketones (excluding diaryl/α,β-unsaturated/α-hetero) is 1. The zero-order chi connectivity index (χ0) is 9.40. The molecule has 0 amide bonds. The lowest BCUT2D eigenvalue weighted by atomic mass is 10.1. The van der Waals surface area contributed by atoms with Crippen molar-refractivity contribution in [3.05, 3.63) is 0 Å². The minimum atomic E-state index is -0.0213. The van der Waals surface area contributed by atoms with E-state index in [0.717, 1.165) is 6.42 Å². The molecule has 0 saturated carbocycles. The molecule has 64 valence electrons. The van der Waals surface area contributed by atoms with Gasteiger partial charge >= 0.3 is 0 Å². The largest absolute Gasteiger partial charge is 0.285 e. The molecule has 0 saturated heterocycles. The standard InChI is InChI=1S/C10H13NO/c1-9(2)10(12)7-5-3-4-6-8-11/h9H,3-4,6H2,1-2H3. The van der Waals surface area contributed by atoms with Crippen LogP contribution < -0.4 is 0 Å². The fourth-order valence-corrected chi connectivity index (χ4v) is 0.550. The number of nitriles is 1. The van der Waals surface area contributed by atoms with Crippen LogP contribution in [0.5, 0.6) is 0 Å². The lowest BCUT2D eigenvalue weighted by Gasteiger charge is -1.91. The number of hydrogen-bond acceptors (Lipinski definition) is 2. The molecule has 0 fully saturated rings. The number of hydrogen-bond donors (Lipinski definition) is 0. The van der Waals surface area contributed by atoms with Crippen LogP contribution in [0.15, 0.2) is 0 Å². The Labute approximate surface area is 73.6 Å². The molecule has 0 unspecified atom stereocenters. The molecule has 0 heterocycles. The smallest absolute Gasteiger partial charge is 0.207 e. The van der Waals surface area contributed by atoms with Crippen molar-refractivity contribution in [2.45, 2.75) is 33.1 Å². The van der Waals surface area contributed by atoms with Crippen molar-refractivity contribution >= 4 is 5.78 Å². The molecule has 12 heavy (non-hydrogen) atoms. The Kier molecular flexibility index (Phi) is 5.75. The first-order valence-corrected chi connectivity index (χ1v) is 4.08. The van der Waals surface area contributed by atoms with E-state index in [0.29, 0.717) is 12.8 Å². The Balaban J connectivity index is 3.61. The summed E-state index contributed by atoms with van der Waals surface area (Å²) in [4.78, 5) is 10.9. The van der Waals surface area contributed by atoms with Gasteiger partial charge in [0.2, 0.25) is 5.78 Å². The molecular formula is C10H13NO. The molecule has 0 aromatic rings. The van der Waals surface area contributed by atoms with E-state index >= 15 is 0 Å². The summed E-state index contributed by atoms with van der Waals surface area (Å²) in [6, 6.07) is 2.03. The van der Waals surface area contributed by atoms with Crippen LogP contribution in [0.4, 0.5) is 0 Å². The van der Waals surface area contributed by atoms with Crippen LogP contribution in [0.1, 0.15) is 33.1 Å². The van der Waals surface area contributed by atoms with Gasteiger partial charge in [-0.15, -0.1) is 0 Å². The first-order valence-electron chi connectivity index (χ1n) is 4.08. The predicted molar refractivity (Wildman–Crippen MR) is 47.1 cm³/mol. The van der Waals surface area contributed by atoms with Gasteiger partial charge in [0.15, 0.2) is 0 Å². The first kappa shape index (κ1) is 10.7. The van der Waals surface area contributed by atoms with Gasteiger partial charge in [0.05, 0.1) is 6.07 Å². The molecular weight excluding hydrogens is 150 g/mol. The monoisotopic (exact) mass is 163 g/mol. The van der Waals surface area contributed by atoms with Gasteiger partial charge in [-0.05, 0) is 12.3 Å². The van der Waals surface area contributed by atoms with E-state index in [-0.39, 0.29) is 11.7 Å². The molecule has 2 nitrogen and oxygen atoms in total. The fourth-order valence-electron chi connectivity index (χ4n) is 0.550. The van der Waals surface area contributed by atoms with Gasteiger partial charge in [-0.1, -0.05) is 19.8 Å². The topological polar surface area (TPSA) is 40.9 Å². The third kappa shape index (κ3) is 5.50. The maximum atomic E-state index is 10.9. The van der Waals surface area contributed by atoms with Gasteiger partial charge in [0, 0.05) is 18.8 Å². The first-order chi connectivity index (χ1) is 5.68. The molecule has 0 aromatic heterocycles. The summed E-state index contributed by atoms with van der Waals surface area (Å²) in [5.74, 6) is 5.27. The van der Waals surface area contributed by atoms with Crippen LogP contribution in [-0.2, 0) is 4.79 Å². The number of rotatable bonds is 3. The highest BCUT2D eigenvalue weighted by molar-refractivity contribution is 5.96. The highest BCUT2D eigenvalue weighted by Crippen LogP contribution is 1.94. The summed E-state index contributed by atoms with van der Waals surface area (Å²) in [6.45, 7) is 3.65. The molecule has 0 rings (SSSR count). The highest BCUT2D eigenvalue weighted by Gasteiger charge is 2.00. The van der Waals surface area contributed by atoms with Crippen LogP contribution in [0.25, 0.3) is 0 Å². The van der Waals surface area contributed by atoms with E-state index in [1.165, 1.54) is 0 Å². The molecule has 0 aliphatic rings. The number of unbranched alkanes of at least 4 members (excludes halogenated alkanes) is 2. The van der Waals surface area contributed by atoms with E-state index in [4.69, 9.17) is 5.26 Å². The summed E-state index contributed by atoms with van der Waals surface area (Å²) < 4.78 is 0. The van der Waals surface area contributed by atoms with Crippen LogP contribution >= 0.6 is 0 Å². The maximum absolute atomic E-state index is 10.9. The maximum Gasteiger partial charge on any atom is 0.207 e. The second kappa shape index (κ2) is 6.43. The number of carbonyl (C=O) groups is 1. The normalized spacial score (nSPS) is 8.50. The molecule has 0 spiro atoms. The van der Waals surface area contributed by atoms with Gasteiger partial charge in [0.25, 0.3) is 0 Å². The van der Waals surface area contributed by atoms with E-state index in [1.807, 2.05) is 19.9 Å². The number of nitrogens with zero attached hydrogens (tertiary/aromatic N) is 1. The van der Waals surface area contributed by atoms with Crippen molar-refractivity contribution in [2.24, 2.45) is 5.92 Å². The van der Waals surface area contributed by atoms with Crippen molar-refractivity contribution in [3.8, 4) is 17.9 Å². The lowest BCUT2D eigenvalue weighted by Crippen LogP contribution is -2.02. The molecule has 0 N–H and O–H groups in total. The van der Waals surface area contributed by atoms with E-state index in [9.17, 15) is 4.79 Å². The summed E-state index contributed by atoms with van der Waals surface area (Å²) in [6.07, 6.45) is 1.92. The van der Waals surface area contributed by atoms with Gasteiger partial charge in [-0.3, -0.25) is 4.79 Å². The average molecular weight is 163 g/mol. The van der Waals surface area contributed by atoms with Crippen molar-refractivity contribution < 1.29 is 4.79 Å². The Morgan fingerprint density at radius 3 is 2.58 bits per heavy atom. The Morgan fingerprint density at radius 1 is 1.42 bits per heavy atom. The van der Waals surface area contributed by atoms with Crippen LogP contribution in [0, 0.1) is 29.1 Å². The SMILES string of the molecule is CC(C)C(=O)C#CCCCC#N. The molecule has 0 aliphatic heterocycles. The van der Waals surface area contributed by atoms with Crippen LogP contribution in [0.3, 0.4) is 0 Å². The molecule has 2 heteroatoms. The number of ketones is 1. The summed E-state index contributed by atoms with van der Waals surface area (Å²) in [7, 11) is 0.